The molecule has 0 aliphatic heterocycles. The van der Waals surface area contributed by atoms with Gasteiger partial charge in [-0.2, -0.15) is 0 Å². The van der Waals surface area contributed by atoms with Gasteiger partial charge in [-0.15, -0.1) is 13.2 Å². The van der Waals surface area contributed by atoms with Gasteiger partial charge in [0.2, 0.25) is 0 Å². The van der Waals surface area contributed by atoms with Crippen molar-refractivity contribution in [2.24, 2.45) is 0 Å². The lowest BCUT2D eigenvalue weighted by molar-refractivity contribution is -0.274. The number of aryl methyl sites for hydroxylation is 1. The number of halogens is 3. The van der Waals surface area contributed by atoms with Crippen LogP contribution in [0.15, 0.2) is 35.1 Å². The summed E-state index contributed by atoms with van der Waals surface area (Å²) in [6.07, 6.45) is -3.28. The molecule has 2 aromatic rings. The topological polar surface area (TPSA) is 35.3 Å². The molecular formula is C11H8F3NO2. The Morgan fingerprint density at radius 1 is 1.24 bits per heavy atom. The quantitative estimate of drug-likeness (QED) is 0.809. The van der Waals surface area contributed by atoms with Crippen LogP contribution in [-0.2, 0) is 0 Å². The molecule has 1 aromatic heterocycles. The van der Waals surface area contributed by atoms with Gasteiger partial charge in [0.25, 0.3) is 0 Å². The second-order valence-electron chi connectivity index (χ2n) is 3.41. The number of hydrogen-bond donors (Lipinski definition) is 0. The first-order valence-electron chi connectivity index (χ1n) is 4.73. The number of benzene rings is 1. The van der Waals surface area contributed by atoms with Crippen molar-refractivity contribution in [3.05, 3.63) is 36.1 Å². The standard InChI is InChI=1S/C11H8F3NO2/c1-7-6-8(17-11(12,13)14)2-3-9(7)10-4-5-16-15-10/h2-6H,1H3. The average molecular weight is 243 g/mol. The highest BCUT2D eigenvalue weighted by molar-refractivity contribution is 5.63. The smallest absolute Gasteiger partial charge is 0.406 e. The number of nitrogens with zero attached hydrogens (tertiary/aromatic N) is 1. The molecule has 0 fully saturated rings. The Balaban J connectivity index is 2.30. The molecule has 0 radical (unpaired) electrons. The molecule has 0 atom stereocenters. The maximum atomic E-state index is 12.0. The van der Waals surface area contributed by atoms with Gasteiger partial charge in [-0.05, 0) is 30.7 Å². The summed E-state index contributed by atoms with van der Waals surface area (Å²) in [7, 11) is 0. The number of rotatable bonds is 2. The summed E-state index contributed by atoms with van der Waals surface area (Å²) in [4.78, 5) is 0. The summed E-state index contributed by atoms with van der Waals surface area (Å²) >= 11 is 0. The van der Waals surface area contributed by atoms with Gasteiger partial charge in [-0.25, -0.2) is 0 Å². The Kier molecular flexibility index (Phi) is 2.79. The molecule has 0 bridgehead atoms. The van der Waals surface area contributed by atoms with E-state index in [-0.39, 0.29) is 5.75 Å². The third kappa shape index (κ3) is 2.77. The molecule has 0 spiro atoms. The third-order valence-corrected chi connectivity index (χ3v) is 2.15. The Labute approximate surface area is 94.8 Å². The van der Waals surface area contributed by atoms with Crippen molar-refractivity contribution in [2.75, 3.05) is 0 Å². The van der Waals surface area contributed by atoms with Crippen molar-refractivity contribution in [3.63, 3.8) is 0 Å². The summed E-state index contributed by atoms with van der Waals surface area (Å²) < 4.78 is 44.5. The monoisotopic (exact) mass is 243 g/mol. The predicted molar refractivity (Wildman–Crippen MR) is 53.4 cm³/mol. The first-order chi connectivity index (χ1) is 7.96. The zero-order valence-electron chi connectivity index (χ0n) is 8.78. The highest BCUT2D eigenvalue weighted by Crippen LogP contribution is 2.28. The van der Waals surface area contributed by atoms with Crippen molar-refractivity contribution in [1.29, 1.82) is 0 Å². The Morgan fingerprint density at radius 3 is 2.53 bits per heavy atom. The highest BCUT2D eigenvalue weighted by atomic mass is 19.4. The van der Waals surface area contributed by atoms with E-state index in [1.54, 1.807) is 13.0 Å². The maximum absolute atomic E-state index is 12.0. The molecule has 0 saturated heterocycles. The third-order valence-electron chi connectivity index (χ3n) is 2.15. The maximum Gasteiger partial charge on any atom is 0.573 e. The molecule has 0 saturated carbocycles. The largest absolute Gasteiger partial charge is 0.573 e. The van der Waals surface area contributed by atoms with Crippen LogP contribution in [0.5, 0.6) is 5.75 Å². The molecule has 0 aliphatic carbocycles. The number of aromatic nitrogens is 1. The summed E-state index contributed by atoms with van der Waals surface area (Å²) in [5, 5.41) is 3.71. The molecule has 17 heavy (non-hydrogen) atoms. The van der Waals surface area contributed by atoms with Gasteiger partial charge in [0.1, 0.15) is 17.7 Å². The van der Waals surface area contributed by atoms with E-state index in [9.17, 15) is 13.2 Å². The predicted octanol–water partition coefficient (Wildman–Crippen LogP) is 3.55. The van der Waals surface area contributed by atoms with Gasteiger partial charge in [0.15, 0.2) is 0 Å². The van der Waals surface area contributed by atoms with Gasteiger partial charge in [-0.3, -0.25) is 0 Å². The van der Waals surface area contributed by atoms with Crippen LogP contribution in [-0.4, -0.2) is 11.5 Å². The lowest BCUT2D eigenvalue weighted by Gasteiger charge is -2.10. The van der Waals surface area contributed by atoms with Crippen LogP contribution in [0.1, 0.15) is 5.56 Å². The fraction of sp³-hybridized carbons (Fsp3) is 0.182. The van der Waals surface area contributed by atoms with Gasteiger partial charge in [0, 0.05) is 11.6 Å². The Morgan fingerprint density at radius 2 is 2.00 bits per heavy atom. The van der Waals surface area contributed by atoms with Crippen LogP contribution in [0.2, 0.25) is 0 Å². The van der Waals surface area contributed by atoms with Crippen molar-refractivity contribution in [1.82, 2.24) is 5.16 Å². The van der Waals surface area contributed by atoms with E-state index >= 15 is 0 Å². The van der Waals surface area contributed by atoms with Crippen LogP contribution in [0, 0.1) is 6.92 Å². The van der Waals surface area contributed by atoms with E-state index < -0.39 is 6.36 Å². The molecule has 3 nitrogen and oxygen atoms in total. The minimum absolute atomic E-state index is 0.248. The molecule has 1 heterocycles. The molecular weight excluding hydrogens is 235 g/mol. The highest BCUT2D eigenvalue weighted by Gasteiger charge is 2.31. The first-order valence-corrected chi connectivity index (χ1v) is 4.73. The van der Waals surface area contributed by atoms with E-state index in [4.69, 9.17) is 0 Å². The first kappa shape index (κ1) is 11.5. The second-order valence-corrected chi connectivity index (χ2v) is 3.41. The van der Waals surface area contributed by atoms with Crippen LogP contribution in [0.4, 0.5) is 13.2 Å². The van der Waals surface area contributed by atoms with Gasteiger partial charge in [0.05, 0.1) is 0 Å². The fourth-order valence-electron chi connectivity index (χ4n) is 1.47. The Hall–Kier alpha value is -1.98. The number of hydrogen-bond acceptors (Lipinski definition) is 3. The molecule has 2 rings (SSSR count). The van der Waals surface area contributed by atoms with Crippen LogP contribution >= 0.6 is 0 Å². The van der Waals surface area contributed by atoms with Gasteiger partial charge >= 0.3 is 6.36 Å². The van der Waals surface area contributed by atoms with E-state index in [0.717, 1.165) is 0 Å². The van der Waals surface area contributed by atoms with Crippen LogP contribution in [0.3, 0.4) is 0 Å². The minimum atomic E-state index is -4.68. The molecule has 0 unspecified atom stereocenters. The number of ether oxygens (including phenoxy) is 1. The average Bonchev–Trinajstić information content (AvgIpc) is 2.68. The van der Waals surface area contributed by atoms with Crippen molar-refractivity contribution < 1.29 is 22.4 Å². The zero-order chi connectivity index (χ0) is 12.5. The minimum Gasteiger partial charge on any atom is -0.406 e. The normalized spacial score (nSPS) is 11.5. The van der Waals surface area contributed by atoms with Crippen molar-refractivity contribution >= 4 is 0 Å². The molecule has 0 aliphatic rings. The fourth-order valence-corrected chi connectivity index (χ4v) is 1.47. The molecule has 90 valence electrons. The molecule has 0 amide bonds. The van der Waals surface area contributed by atoms with E-state index in [1.165, 1.54) is 24.5 Å². The van der Waals surface area contributed by atoms with Crippen LogP contribution < -0.4 is 4.74 Å². The SMILES string of the molecule is Cc1cc(OC(F)(F)F)ccc1-c1ccon1. The van der Waals surface area contributed by atoms with Crippen molar-refractivity contribution in [2.45, 2.75) is 13.3 Å². The lowest BCUT2D eigenvalue weighted by Crippen LogP contribution is -2.17. The van der Waals surface area contributed by atoms with Gasteiger partial charge < -0.3 is 9.26 Å². The van der Waals surface area contributed by atoms with Crippen LogP contribution in [0.25, 0.3) is 11.3 Å². The summed E-state index contributed by atoms with van der Waals surface area (Å²) in [5.74, 6) is -0.248. The molecule has 1 aromatic carbocycles. The summed E-state index contributed by atoms with van der Waals surface area (Å²) in [5.41, 5.74) is 1.90. The summed E-state index contributed by atoms with van der Waals surface area (Å²) in [6.45, 7) is 1.67. The molecule has 6 heteroatoms. The van der Waals surface area contributed by atoms with E-state index in [0.29, 0.717) is 16.8 Å². The van der Waals surface area contributed by atoms with Gasteiger partial charge in [-0.1, -0.05) is 5.16 Å². The van der Waals surface area contributed by atoms with E-state index in [2.05, 4.69) is 14.4 Å². The molecule has 0 N–H and O–H groups in total. The Bertz CT molecular complexity index is 506. The van der Waals surface area contributed by atoms with E-state index in [1.807, 2.05) is 0 Å². The zero-order valence-corrected chi connectivity index (χ0v) is 8.78. The summed E-state index contributed by atoms with van der Waals surface area (Å²) in [6, 6.07) is 5.68. The number of alkyl halides is 3. The lowest BCUT2D eigenvalue weighted by atomic mass is 10.1. The second kappa shape index (κ2) is 4.12. The van der Waals surface area contributed by atoms with Crippen molar-refractivity contribution in [3.8, 4) is 17.0 Å².